The number of hydrogen-bond donors (Lipinski definition) is 2. The van der Waals surface area contributed by atoms with Crippen molar-refractivity contribution in [3.63, 3.8) is 0 Å². The van der Waals surface area contributed by atoms with Crippen molar-refractivity contribution < 1.29 is 14.3 Å². The third-order valence-electron chi connectivity index (χ3n) is 5.68. The molecule has 1 aromatic heterocycles. The van der Waals surface area contributed by atoms with Gasteiger partial charge in [-0.05, 0) is 76.1 Å². The number of carbonyl (C=O) groups excluding carboxylic acids is 2. The predicted octanol–water partition coefficient (Wildman–Crippen LogP) is 5.54. The maximum absolute atomic E-state index is 12.6. The average Bonchev–Trinajstić information content (AvgIpc) is 2.84. The normalized spacial score (nSPS) is 15.8. The van der Waals surface area contributed by atoms with Gasteiger partial charge in [-0.3, -0.25) is 10.1 Å². The minimum atomic E-state index is -0.596. The van der Waals surface area contributed by atoms with E-state index in [9.17, 15) is 9.59 Å². The number of benzene rings is 2. The standard InChI is InChI=1S/C27H30ClN5O3/c1-27(2,3)36-26(35)30-22-9-5-4-8-21(22)23-14-15-24(32-31-23)33-16-6-7-20(17-33)29-25(34)18-10-12-19(28)13-11-18/h4-5,8-15,20H,6-7,16-17H2,1-3H3,(H,29,34)(H,30,35). The molecule has 0 saturated carbocycles. The van der Waals surface area contributed by atoms with Crippen molar-refractivity contribution >= 4 is 35.1 Å². The zero-order valence-electron chi connectivity index (χ0n) is 20.6. The van der Waals surface area contributed by atoms with Gasteiger partial charge < -0.3 is 15.0 Å². The minimum Gasteiger partial charge on any atom is -0.444 e. The number of amides is 2. The van der Waals surface area contributed by atoms with Gasteiger partial charge in [-0.2, -0.15) is 0 Å². The molecule has 0 aliphatic carbocycles. The summed E-state index contributed by atoms with van der Waals surface area (Å²) in [5.74, 6) is 0.621. The first kappa shape index (κ1) is 25.4. The fraction of sp³-hybridized carbons (Fsp3) is 0.333. The number of ether oxygens (including phenoxy) is 1. The lowest BCUT2D eigenvalue weighted by atomic mass is 10.0. The Bertz CT molecular complexity index is 1210. The van der Waals surface area contributed by atoms with Crippen molar-refractivity contribution in [1.29, 1.82) is 0 Å². The summed E-state index contributed by atoms with van der Waals surface area (Å²) in [6.45, 7) is 6.92. The number of anilines is 2. The Balaban J connectivity index is 1.42. The molecule has 1 aliphatic rings. The maximum Gasteiger partial charge on any atom is 0.412 e. The lowest BCUT2D eigenvalue weighted by Crippen LogP contribution is -2.48. The Morgan fingerprint density at radius 2 is 1.78 bits per heavy atom. The van der Waals surface area contributed by atoms with Gasteiger partial charge in [0.25, 0.3) is 5.91 Å². The van der Waals surface area contributed by atoms with Crippen molar-refractivity contribution in [1.82, 2.24) is 15.5 Å². The van der Waals surface area contributed by atoms with E-state index in [2.05, 4.69) is 25.7 Å². The molecule has 1 unspecified atom stereocenters. The molecule has 2 heterocycles. The fourth-order valence-electron chi connectivity index (χ4n) is 4.04. The van der Waals surface area contributed by atoms with Crippen LogP contribution in [0.1, 0.15) is 44.0 Å². The fourth-order valence-corrected chi connectivity index (χ4v) is 4.17. The number of rotatable bonds is 5. The summed E-state index contributed by atoms with van der Waals surface area (Å²) in [5.41, 5.74) is 1.96. The van der Waals surface area contributed by atoms with Crippen molar-refractivity contribution in [3.8, 4) is 11.3 Å². The largest absolute Gasteiger partial charge is 0.444 e. The van der Waals surface area contributed by atoms with Crippen LogP contribution >= 0.6 is 11.6 Å². The van der Waals surface area contributed by atoms with Gasteiger partial charge in [-0.15, -0.1) is 10.2 Å². The summed E-state index contributed by atoms with van der Waals surface area (Å²) in [5, 5.41) is 15.4. The molecule has 1 atom stereocenters. The Morgan fingerprint density at radius 3 is 2.47 bits per heavy atom. The van der Waals surface area contributed by atoms with Crippen molar-refractivity contribution in [2.75, 3.05) is 23.3 Å². The van der Waals surface area contributed by atoms with E-state index in [0.29, 0.717) is 28.5 Å². The zero-order chi connectivity index (χ0) is 25.7. The first-order valence-electron chi connectivity index (χ1n) is 11.9. The number of hydrogen-bond acceptors (Lipinski definition) is 6. The molecule has 2 amide bonds. The Hall–Kier alpha value is -3.65. The van der Waals surface area contributed by atoms with Crippen LogP contribution in [0.5, 0.6) is 0 Å². The second-order valence-corrected chi connectivity index (χ2v) is 10.2. The van der Waals surface area contributed by atoms with Crippen LogP contribution in [0.4, 0.5) is 16.3 Å². The highest BCUT2D eigenvalue weighted by Crippen LogP contribution is 2.28. The third-order valence-corrected chi connectivity index (χ3v) is 5.93. The van der Waals surface area contributed by atoms with Crippen LogP contribution < -0.4 is 15.5 Å². The molecule has 9 heteroatoms. The molecule has 1 fully saturated rings. The molecule has 0 spiro atoms. The highest BCUT2D eigenvalue weighted by molar-refractivity contribution is 6.30. The van der Waals surface area contributed by atoms with E-state index in [-0.39, 0.29) is 11.9 Å². The molecule has 0 radical (unpaired) electrons. The summed E-state index contributed by atoms with van der Waals surface area (Å²) in [7, 11) is 0. The molecule has 188 valence electrons. The van der Waals surface area contributed by atoms with Crippen LogP contribution in [0.25, 0.3) is 11.3 Å². The van der Waals surface area contributed by atoms with E-state index in [1.54, 1.807) is 30.3 Å². The second kappa shape index (κ2) is 11.0. The minimum absolute atomic E-state index is 0.00200. The molecule has 36 heavy (non-hydrogen) atoms. The molecule has 2 aromatic carbocycles. The van der Waals surface area contributed by atoms with Gasteiger partial charge in [0.1, 0.15) is 5.60 Å². The molecule has 3 aromatic rings. The molecular weight excluding hydrogens is 478 g/mol. The van der Waals surface area contributed by atoms with E-state index < -0.39 is 11.7 Å². The summed E-state index contributed by atoms with van der Waals surface area (Å²) in [4.78, 5) is 27.0. The molecule has 1 saturated heterocycles. The van der Waals surface area contributed by atoms with Crippen molar-refractivity contribution in [2.24, 2.45) is 0 Å². The Kier molecular flexibility index (Phi) is 7.74. The van der Waals surface area contributed by atoms with Crippen molar-refractivity contribution in [2.45, 2.75) is 45.3 Å². The van der Waals surface area contributed by atoms with E-state index in [1.165, 1.54) is 0 Å². The smallest absolute Gasteiger partial charge is 0.412 e. The first-order chi connectivity index (χ1) is 17.2. The van der Waals surface area contributed by atoms with Gasteiger partial charge in [0.2, 0.25) is 0 Å². The van der Waals surface area contributed by atoms with Crippen LogP contribution in [0.3, 0.4) is 0 Å². The summed E-state index contributed by atoms with van der Waals surface area (Å²) < 4.78 is 5.37. The molecule has 1 aliphatic heterocycles. The van der Waals surface area contributed by atoms with Crippen molar-refractivity contribution in [3.05, 3.63) is 71.2 Å². The average molecular weight is 508 g/mol. The SMILES string of the molecule is CC(C)(C)OC(=O)Nc1ccccc1-c1ccc(N2CCCC(NC(=O)c3ccc(Cl)cc3)C2)nn1. The molecule has 0 bridgehead atoms. The predicted molar refractivity (Wildman–Crippen MR) is 141 cm³/mol. The highest BCUT2D eigenvalue weighted by atomic mass is 35.5. The summed E-state index contributed by atoms with van der Waals surface area (Å²) in [6.07, 6.45) is 1.29. The Morgan fingerprint density at radius 1 is 1.03 bits per heavy atom. The summed E-state index contributed by atoms with van der Waals surface area (Å²) >= 11 is 5.92. The molecule has 8 nitrogen and oxygen atoms in total. The number of aromatic nitrogens is 2. The number of nitrogens with one attached hydrogen (secondary N) is 2. The topological polar surface area (TPSA) is 96.5 Å². The highest BCUT2D eigenvalue weighted by Gasteiger charge is 2.23. The first-order valence-corrected chi connectivity index (χ1v) is 12.3. The quantitative estimate of drug-likeness (QED) is 0.470. The Labute approximate surface area is 216 Å². The lowest BCUT2D eigenvalue weighted by Gasteiger charge is -2.33. The molecular formula is C27H30ClN5O3. The summed E-state index contributed by atoms with van der Waals surface area (Å²) in [6, 6.07) is 18.0. The van der Waals surface area contributed by atoms with E-state index in [4.69, 9.17) is 16.3 Å². The number of para-hydroxylation sites is 1. The van der Waals surface area contributed by atoms with E-state index >= 15 is 0 Å². The molecule has 2 N–H and O–H groups in total. The van der Waals surface area contributed by atoms with Gasteiger partial charge in [0.15, 0.2) is 5.82 Å². The number of halogens is 1. The van der Waals surface area contributed by atoms with Crippen LogP contribution in [-0.2, 0) is 4.74 Å². The van der Waals surface area contributed by atoms with Gasteiger partial charge >= 0.3 is 6.09 Å². The third kappa shape index (κ3) is 6.73. The van der Waals surface area contributed by atoms with Crippen LogP contribution in [0.15, 0.2) is 60.7 Å². The monoisotopic (exact) mass is 507 g/mol. The van der Waals surface area contributed by atoms with E-state index in [0.717, 1.165) is 30.8 Å². The van der Waals surface area contributed by atoms with Gasteiger partial charge in [0, 0.05) is 35.3 Å². The number of piperidine rings is 1. The van der Waals surface area contributed by atoms with Crippen LogP contribution in [0.2, 0.25) is 5.02 Å². The van der Waals surface area contributed by atoms with Gasteiger partial charge in [0.05, 0.1) is 11.4 Å². The van der Waals surface area contributed by atoms with E-state index in [1.807, 2.05) is 51.1 Å². The zero-order valence-corrected chi connectivity index (χ0v) is 21.4. The van der Waals surface area contributed by atoms with Crippen LogP contribution in [0, 0.1) is 0 Å². The van der Waals surface area contributed by atoms with Gasteiger partial charge in [-0.1, -0.05) is 29.8 Å². The maximum atomic E-state index is 12.6. The number of nitrogens with zero attached hydrogens (tertiary/aromatic N) is 3. The van der Waals surface area contributed by atoms with Gasteiger partial charge in [-0.25, -0.2) is 4.79 Å². The number of carbonyl (C=O) groups is 2. The molecule has 4 rings (SSSR count). The lowest BCUT2D eigenvalue weighted by molar-refractivity contribution is 0.0635. The van der Waals surface area contributed by atoms with Crippen LogP contribution in [-0.4, -0.2) is 46.9 Å². The second-order valence-electron chi connectivity index (χ2n) is 9.71.